The fourth-order valence-corrected chi connectivity index (χ4v) is 3.12. The number of likely N-dealkylation sites (tertiary alicyclic amines) is 1. The van der Waals surface area contributed by atoms with Crippen molar-refractivity contribution in [1.29, 1.82) is 0 Å². The number of nitrogens with one attached hydrogen (secondary N) is 1. The van der Waals surface area contributed by atoms with Crippen molar-refractivity contribution in [3.63, 3.8) is 0 Å². The minimum atomic E-state index is -0.377. The van der Waals surface area contributed by atoms with Gasteiger partial charge in [0, 0.05) is 18.8 Å². The van der Waals surface area contributed by atoms with E-state index in [-0.39, 0.29) is 24.4 Å². The molecule has 1 aromatic carbocycles. The standard InChI is InChI=1S/C19H29BN2O3/c1-14-10-12-22(13-11-14)17(23)21-16-8-6-15(7-9-16)20-24-18(2,3)19(4,5)25-20/h6-9,14H,10-13H2,1-5H3,(H,21,23). The maximum atomic E-state index is 12.4. The Balaban J connectivity index is 1.60. The molecule has 1 N–H and O–H groups in total. The number of nitrogens with zero attached hydrogens (tertiary/aromatic N) is 1. The fraction of sp³-hybridized carbons (Fsp3) is 0.632. The van der Waals surface area contributed by atoms with Crippen LogP contribution in [0.25, 0.3) is 0 Å². The average molecular weight is 344 g/mol. The van der Waals surface area contributed by atoms with Crippen molar-refractivity contribution >= 4 is 24.3 Å². The first-order valence-electron chi connectivity index (χ1n) is 9.19. The van der Waals surface area contributed by atoms with Gasteiger partial charge in [0.25, 0.3) is 0 Å². The lowest BCUT2D eigenvalue weighted by molar-refractivity contribution is 0.00578. The Bertz CT molecular complexity index is 606. The number of hydrogen-bond acceptors (Lipinski definition) is 3. The number of piperidine rings is 1. The van der Waals surface area contributed by atoms with E-state index in [4.69, 9.17) is 9.31 Å². The van der Waals surface area contributed by atoms with Crippen molar-refractivity contribution in [2.75, 3.05) is 18.4 Å². The van der Waals surface area contributed by atoms with Gasteiger partial charge in [-0.2, -0.15) is 0 Å². The van der Waals surface area contributed by atoms with Crippen LogP contribution in [0, 0.1) is 5.92 Å². The average Bonchev–Trinajstić information content (AvgIpc) is 2.76. The van der Waals surface area contributed by atoms with Gasteiger partial charge in [0.15, 0.2) is 0 Å². The van der Waals surface area contributed by atoms with Gasteiger partial charge in [-0.3, -0.25) is 0 Å². The lowest BCUT2D eigenvalue weighted by atomic mass is 9.79. The summed E-state index contributed by atoms with van der Waals surface area (Å²) in [5, 5.41) is 2.98. The number of rotatable bonds is 2. The van der Waals surface area contributed by atoms with Crippen LogP contribution in [0.1, 0.15) is 47.5 Å². The van der Waals surface area contributed by atoms with Gasteiger partial charge in [-0.25, -0.2) is 4.79 Å². The largest absolute Gasteiger partial charge is 0.494 e. The van der Waals surface area contributed by atoms with Crippen molar-refractivity contribution < 1.29 is 14.1 Å². The molecule has 0 unspecified atom stereocenters. The summed E-state index contributed by atoms with van der Waals surface area (Å²) in [5.41, 5.74) is 1.05. The van der Waals surface area contributed by atoms with E-state index >= 15 is 0 Å². The second-order valence-corrected chi connectivity index (χ2v) is 8.31. The maximum Gasteiger partial charge on any atom is 0.494 e. The number of benzene rings is 1. The lowest BCUT2D eigenvalue weighted by Crippen LogP contribution is -2.41. The molecule has 0 saturated carbocycles. The lowest BCUT2D eigenvalue weighted by Gasteiger charge is -2.32. The van der Waals surface area contributed by atoms with Crippen LogP contribution in [0.4, 0.5) is 10.5 Å². The number of carbonyl (C=O) groups is 1. The van der Waals surface area contributed by atoms with Crippen molar-refractivity contribution in [2.45, 2.75) is 58.7 Å². The smallest absolute Gasteiger partial charge is 0.399 e. The molecule has 6 heteroatoms. The van der Waals surface area contributed by atoms with Crippen LogP contribution in [0.5, 0.6) is 0 Å². The van der Waals surface area contributed by atoms with E-state index in [2.05, 4.69) is 12.2 Å². The molecule has 0 atom stereocenters. The zero-order valence-electron chi connectivity index (χ0n) is 16.0. The van der Waals surface area contributed by atoms with Crippen LogP contribution in [0.2, 0.25) is 0 Å². The summed E-state index contributed by atoms with van der Waals surface area (Å²) in [4.78, 5) is 14.2. The number of hydrogen-bond donors (Lipinski definition) is 1. The molecule has 2 amide bonds. The van der Waals surface area contributed by atoms with Crippen molar-refractivity contribution in [2.24, 2.45) is 5.92 Å². The summed E-state index contributed by atoms with van der Waals surface area (Å²) in [6, 6.07) is 7.71. The van der Waals surface area contributed by atoms with Crippen molar-refractivity contribution in [1.82, 2.24) is 4.90 Å². The van der Waals surface area contributed by atoms with Gasteiger partial charge >= 0.3 is 13.1 Å². The fourth-order valence-electron chi connectivity index (χ4n) is 3.12. The number of carbonyl (C=O) groups excluding carboxylic acids is 1. The van der Waals surface area contributed by atoms with E-state index < -0.39 is 0 Å². The Hall–Kier alpha value is -1.53. The Kier molecular flexibility index (Phi) is 4.86. The van der Waals surface area contributed by atoms with E-state index in [1.165, 1.54) is 0 Å². The molecule has 0 aromatic heterocycles. The number of urea groups is 1. The Morgan fingerprint density at radius 3 is 2.12 bits per heavy atom. The Morgan fingerprint density at radius 1 is 1.08 bits per heavy atom. The normalized spacial score (nSPS) is 22.9. The molecule has 136 valence electrons. The molecular formula is C19H29BN2O3. The minimum Gasteiger partial charge on any atom is -0.399 e. The highest BCUT2D eigenvalue weighted by atomic mass is 16.7. The van der Waals surface area contributed by atoms with Gasteiger partial charge in [0.2, 0.25) is 0 Å². The van der Waals surface area contributed by atoms with E-state index in [9.17, 15) is 4.79 Å². The molecule has 5 nitrogen and oxygen atoms in total. The first-order valence-corrected chi connectivity index (χ1v) is 9.19. The Morgan fingerprint density at radius 2 is 1.60 bits per heavy atom. The predicted molar refractivity (Wildman–Crippen MR) is 101 cm³/mol. The predicted octanol–water partition coefficient (Wildman–Crippen LogP) is 3.25. The highest BCUT2D eigenvalue weighted by Gasteiger charge is 2.51. The monoisotopic (exact) mass is 344 g/mol. The minimum absolute atomic E-state index is 0.0183. The van der Waals surface area contributed by atoms with Crippen LogP contribution < -0.4 is 10.8 Å². The topological polar surface area (TPSA) is 50.8 Å². The molecule has 2 saturated heterocycles. The van der Waals surface area contributed by atoms with E-state index in [0.717, 1.165) is 37.1 Å². The summed E-state index contributed by atoms with van der Waals surface area (Å²) in [6.07, 6.45) is 2.16. The Labute approximate surface area is 151 Å². The van der Waals surface area contributed by atoms with Crippen LogP contribution in [0.3, 0.4) is 0 Å². The quantitative estimate of drug-likeness (QED) is 0.838. The van der Waals surface area contributed by atoms with Crippen molar-refractivity contribution in [3.05, 3.63) is 24.3 Å². The summed E-state index contributed by atoms with van der Waals surface area (Å²) < 4.78 is 12.1. The first kappa shape index (κ1) is 18.3. The third-order valence-electron chi connectivity index (χ3n) is 5.76. The SMILES string of the molecule is CC1CCN(C(=O)Nc2ccc(B3OC(C)(C)C(C)(C)O3)cc2)CC1. The van der Waals surface area contributed by atoms with Gasteiger partial charge < -0.3 is 19.5 Å². The van der Waals surface area contributed by atoms with E-state index in [1.54, 1.807) is 0 Å². The number of amides is 2. The molecule has 0 aliphatic carbocycles. The van der Waals surface area contributed by atoms with Gasteiger partial charge in [-0.05, 0) is 64.1 Å². The molecule has 25 heavy (non-hydrogen) atoms. The van der Waals surface area contributed by atoms with E-state index in [1.807, 2.05) is 56.9 Å². The molecule has 1 aromatic rings. The van der Waals surface area contributed by atoms with Crippen LogP contribution in [-0.4, -0.2) is 42.3 Å². The summed E-state index contributed by atoms with van der Waals surface area (Å²) >= 11 is 0. The maximum absolute atomic E-state index is 12.4. The van der Waals surface area contributed by atoms with Gasteiger partial charge in [-0.15, -0.1) is 0 Å². The zero-order valence-corrected chi connectivity index (χ0v) is 16.0. The highest BCUT2D eigenvalue weighted by molar-refractivity contribution is 6.62. The first-order chi connectivity index (χ1) is 11.7. The summed E-state index contributed by atoms with van der Waals surface area (Å²) in [7, 11) is -0.377. The van der Waals surface area contributed by atoms with Gasteiger partial charge in [0.1, 0.15) is 0 Å². The van der Waals surface area contributed by atoms with Crippen molar-refractivity contribution in [3.8, 4) is 0 Å². The molecular weight excluding hydrogens is 315 g/mol. The molecule has 0 spiro atoms. The van der Waals surface area contributed by atoms with E-state index in [0.29, 0.717) is 5.92 Å². The summed E-state index contributed by atoms with van der Waals surface area (Å²) in [6.45, 7) is 12.1. The van der Waals surface area contributed by atoms with Gasteiger partial charge in [0.05, 0.1) is 11.2 Å². The van der Waals surface area contributed by atoms with Crippen LogP contribution >= 0.6 is 0 Å². The molecule has 3 rings (SSSR count). The third kappa shape index (κ3) is 3.85. The van der Waals surface area contributed by atoms with Gasteiger partial charge in [-0.1, -0.05) is 19.1 Å². The van der Waals surface area contributed by atoms with Crippen LogP contribution in [0.15, 0.2) is 24.3 Å². The second-order valence-electron chi connectivity index (χ2n) is 8.31. The molecule has 2 heterocycles. The number of anilines is 1. The molecule has 2 fully saturated rings. The summed E-state index contributed by atoms with van der Waals surface area (Å²) in [5.74, 6) is 0.711. The molecule has 0 radical (unpaired) electrons. The zero-order chi connectivity index (χ0) is 18.2. The molecule has 2 aliphatic heterocycles. The van der Waals surface area contributed by atoms with Crippen LogP contribution in [-0.2, 0) is 9.31 Å². The molecule has 2 aliphatic rings. The highest BCUT2D eigenvalue weighted by Crippen LogP contribution is 2.36. The third-order valence-corrected chi connectivity index (χ3v) is 5.76. The molecule has 0 bridgehead atoms. The second kappa shape index (κ2) is 6.65.